The lowest BCUT2D eigenvalue weighted by molar-refractivity contribution is -0.210. The fourth-order valence-corrected chi connectivity index (χ4v) is 5.21. The number of sulfone groups is 1. The number of hydrogen-bond donors (Lipinski definition) is 1. The van der Waals surface area contributed by atoms with Crippen molar-refractivity contribution in [1.29, 1.82) is 0 Å². The number of hydrogen-bond acceptors (Lipinski definition) is 11. The van der Waals surface area contributed by atoms with E-state index in [1.54, 1.807) is 30.3 Å². The number of rotatable bonds is 10. The quantitative estimate of drug-likeness (QED) is 0.332. The summed E-state index contributed by atoms with van der Waals surface area (Å²) in [6.45, 7) is 0.853. The van der Waals surface area contributed by atoms with Crippen molar-refractivity contribution in [3.63, 3.8) is 0 Å². The van der Waals surface area contributed by atoms with Crippen LogP contribution in [0.15, 0.2) is 30.3 Å². The Morgan fingerprint density at radius 2 is 1.69 bits per heavy atom. The number of aliphatic hydroxyl groups excluding tert-OH is 1. The smallest absolute Gasteiger partial charge is 0.303 e. The molecule has 11 nitrogen and oxygen atoms in total. The first-order chi connectivity index (χ1) is 14.6. The summed E-state index contributed by atoms with van der Waals surface area (Å²) in [6.07, 6.45) is -2.31. The Labute approximate surface area is 186 Å². The Kier molecular flexibility index (Phi) is 7.85. The molecule has 1 aliphatic rings. The molecule has 1 heterocycles. The highest BCUT2D eigenvalue weighted by Crippen LogP contribution is 2.44. The van der Waals surface area contributed by atoms with Crippen molar-refractivity contribution in [2.75, 3.05) is 24.9 Å². The van der Waals surface area contributed by atoms with Crippen LogP contribution in [0.5, 0.6) is 0 Å². The highest BCUT2D eigenvalue weighted by Gasteiger charge is 2.70. The van der Waals surface area contributed by atoms with E-state index >= 15 is 0 Å². The van der Waals surface area contributed by atoms with E-state index < -0.39 is 67.7 Å². The Morgan fingerprint density at radius 3 is 2.16 bits per heavy atom. The van der Waals surface area contributed by atoms with E-state index in [2.05, 4.69) is 0 Å². The van der Waals surface area contributed by atoms with Gasteiger partial charge in [0.15, 0.2) is 5.78 Å². The maximum absolute atomic E-state index is 12.7. The molecule has 13 heteroatoms. The van der Waals surface area contributed by atoms with Crippen LogP contribution in [0.3, 0.4) is 0 Å². The van der Waals surface area contributed by atoms with Gasteiger partial charge >= 0.3 is 5.97 Å². The second-order valence-corrected chi connectivity index (χ2v) is 11.5. The standard InChI is InChI=1S/C19H26O11S2/c1-13(20)19(29-14(2)21)16(27-10-15-8-6-5-7-9-15)18(30-17(19)22,12-31(3,23)24)11-28-32(4,25)26/h5-9,16-17,22H,10-12H2,1-4H3/t16-,17+,18+,19-/m1/s1. The number of ether oxygens (including phenoxy) is 3. The molecule has 1 saturated heterocycles. The van der Waals surface area contributed by atoms with E-state index in [0.717, 1.165) is 26.4 Å². The van der Waals surface area contributed by atoms with Gasteiger partial charge in [-0.25, -0.2) is 8.42 Å². The Balaban J connectivity index is 2.65. The molecule has 0 aromatic heterocycles. The van der Waals surface area contributed by atoms with Crippen LogP contribution in [0.1, 0.15) is 19.4 Å². The molecule has 1 fully saturated rings. The summed E-state index contributed by atoms with van der Waals surface area (Å²) < 4.78 is 69.1. The normalized spacial score (nSPS) is 28.4. The van der Waals surface area contributed by atoms with Gasteiger partial charge in [-0.15, -0.1) is 0 Å². The van der Waals surface area contributed by atoms with E-state index in [1.807, 2.05) is 0 Å². The molecule has 4 atom stereocenters. The largest absolute Gasteiger partial charge is 0.443 e. The van der Waals surface area contributed by atoms with Gasteiger partial charge in [0, 0.05) is 13.2 Å². The summed E-state index contributed by atoms with van der Waals surface area (Å²) in [6, 6.07) is 8.52. The van der Waals surface area contributed by atoms with Gasteiger partial charge < -0.3 is 19.3 Å². The zero-order valence-corrected chi connectivity index (χ0v) is 19.6. The molecular formula is C19H26O11S2. The van der Waals surface area contributed by atoms with Crippen molar-refractivity contribution in [3.05, 3.63) is 35.9 Å². The number of benzene rings is 1. The number of carbonyl (C=O) groups excluding carboxylic acids is 2. The fraction of sp³-hybridized carbons (Fsp3) is 0.579. The molecule has 1 N–H and O–H groups in total. The third kappa shape index (κ3) is 6.11. The second-order valence-electron chi connectivity index (χ2n) is 7.69. The van der Waals surface area contributed by atoms with Crippen LogP contribution in [-0.2, 0) is 54.5 Å². The van der Waals surface area contributed by atoms with Crippen LogP contribution in [0, 0.1) is 0 Å². The van der Waals surface area contributed by atoms with Gasteiger partial charge in [0.25, 0.3) is 10.1 Å². The van der Waals surface area contributed by atoms with Crippen LogP contribution in [0.25, 0.3) is 0 Å². The molecule has 0 aliphatic carbocycles. The minimum Gasteiger partial charge on any atom is -0.443 e. The van der Waals surface area contributed by atoms with Crippen molar-refractivity contribution >= 4 is 31.7 Å². The summed E-state index contributed by atoms with van der Waals surface area (Å²) in [4.78, 5) is 24.5. The van der Waals surface area contributed by atoms with E-state index in [-0.39, 0.29) is 6.61 Å². The summed E-state index contributed by atoms with van der Waals surface area (Å²) >= 11 is 0. The zero-order valence-electron chi connectivity index (χ0n) is 18.0. The summed E-state index contributed by atoms with van der Waals surface area (Å²) in [5, 5.41) is 10.7. The van der Waals surface area contributed by atoms with Gasteiger partial charge in [-0.1, -0.05) is 30.3 Å². The van der Waals surface area contributed by atoms with Crippen LogP contribution < -0.4 is 0 Å². The number of ketones is 1. The van der Waals surface area contributed by atoms with Crippen LogP contribution in [-0.4, -0.2) is 82.2 Å². The molecule has 2 rings (SSSR count). The molecule has 1 aliphatic heterocycles. The highest BCUT2D eigenvalue weighted by molar-refractivity contribution is 7.90. The van der Waals surface area contributed by atoms with E-state index in [4.69, 9.17) is 18.4 Å². The third-order valence-electron chi connectivity index (χ3n) is 4.73. The van der Waals surface area contributed by atoms with Crippen molar-refractivity contribution < 1.29 is 49.9 Å². The first kappa shape index (κ1) is 26.4. The summed E-state index contributed by atoms with van der Waals surface area (Å²) in [5.74, 6) is -2.77. The predicted molar refractivity (Wildman–Crippen MR) is 111 cm³/mol. The van der Waals surface area contributed by atoms with E-state index in [0.29, 0.717) is 5.56 Å². The van der Waals surface area contributed by atoms with Crippen molar-refractivity contribution in [2.24, 2.45) is 0 Å². The van der Waals surface area contributed by atoms with E-state index in [1.165, 1.54) is 0 Å². The van der Waals surface area contributed by atoms with Crippen molar-refractivity contribution in [1.82, 2.24) is 0 Å². The van der Waals surface area contributed by atoms with Gasteiger partial charge in [-0.2, -0.15) is 8.42 Å². The molecule has 0 bridgehead atoms. The highest BCUT2D eigenvalue weighted by atomic mass is 32.2. The van der Waals surface area contributed by atoms with Gasteiger partial charge in [0.2, 0.25) is 11.9 Å². The molecule has 32 heavy (non-hydrogen) atoms. The molecule has 1 aromatic rings. The lowest BCUT2D eigenvalue weighted by Gasteiger charge is -2.37. The molecule has 180 valence electrons. The lowest BCUT2D eigenvalue weighted by Crippen LogP contribution is -2.62. The van der Waals surface area contributed by atoms with E-state index in [9.17, 15) is 31.5 Å². The van der Waals surface area contributed by atoms with Gasteiger partial charge in [0.05, 0.1) is 25.2 Å². The van der Waals surface area contributed by atoms with Crippen molar-refractivity contribution in [2.45, 2.75) is 44.1 Å². The predicted octanol–water partition coefficient (Wildman–Crippen LogP) is -0.429. The Hall–Kier alpha value is -1.90. The number of Topliss-reactive ketones (excluding diaryl/α,β-unsaturated/α-hetero) is 1. The lowest BCUT2D eigenvalue weighted by atomic mass is 9.84. The minimum absolute atomic E-state index is 0.206. The van der Waals surface area contributed by atoms with Gasteiger partial charge in [-0.3, -0.25) is 13.8 Å². The molecular weight excluding hydrogens is 468 g/mol. The summed E-state index contributed by atoms with van der Waals surface area (Å²) in [7, 11) is -8.02. The SMILES string of the molecule is CC(=O)O[C@]1(C(C)=O)[C@H](OCc2ccccc2)[C@](COS(C)(=O)=O)(CS(C)(=O)=O)O[C@@H]1O. The average molecular weight is 495 g/mol. The Bertz CT molecular complexity index is 1050. The van der Waals surface area contributed by atoms with Crippen LogP contribution in [0.2, 0.25) is 0 Å². The van der Waals surface area contributed by atoms with Crippen LogP contribution >= 0.6 is 0 Å². The molecule has 1 aromatic carbocycles. The third-order valence-corrected chi connectivity index (χ3v) is 6.29. The van der Waals surface area contributed by atoms with Crippen molar-refractivity contribution in [3.8, 4) is 0 Å². The first-order valence-corrected chi connectivity index (χ1v) is 13.2. The molecule has 0 radical (unpaired) electrons. The first-order valence-electron chi connectivity index (χ1n) is 9.35. The molecule has 0 saturated carbocycles. The Morgan fingerprint density at radius 1 is 1.09 bits per heavy atom. The molecule has 0 unspecified atom stereocenters. The topological polar surface area (TPSA) is 160 Å². The minimum atomic E-state index is -4.10. The maximum atomic E-state index is 12.7. The number of aliphatic hydroxyl groups is 1. The van der Waals surface area contributed by atoms with Gasteiger partial charge in [0.1, 0.15) is 21.5 Å². The second kappa shape index (κ2) is 9.53. The number of esters is 1. The zero-order chi connectivity index (χ0) is 24.4. The molecule has 0 spiro atoms. The summed E-state index contributed by atoms with van der Waals surface area (Å²) in [5.41, 5.74) is -4.07. The maximum Gasteiger partial charge on any atom is 0.303 e. The monoisotopic (exact) mass is 494 g/mol. The van der Waals surface area contributed by atoms with Gasteiger partial charge in [-0.05, 0) is 12.5 Å². The number of carbonyl (C=O) groups is 2. The van der Waals surface area contributed by atoms with Crippen LogP contribution in [0.4, 0.5) is 0 Å². The molecule has 0 amide bonds. The average Bonchev–Trinajstić information content (AvgIpc) is 2.85. The fourth-order valence-electron chi connectivity index (χ4n) is 3.61.